The average molecular weight is 293 g/mol. The topological polar surface area (TPSA) is 29.1 Å². The van der Waals surface area contributed by atoms with Crippen LogP contribution >= 0.6 is 0 Å². The molecule has 0 aliphatic carbocycles. The van der Waals surface area contributed by atoms with Gasteiger partial charge in [0.25, 0.3) is 0 Å². The summed E-state index contributed by atoms with van der Waals surface area (Å²) >= 11 is 0. The molecule has 0 aromatic heterocycles. The van der Waals surface area contributed by atoms with Gasteiger partial charge in [-0.3, -0.25) is 0 Å². The van der Waals surface area contributed by atoms with Crippen molar-refractivity contribution in [3.63, 3.8) is 0 Å². The van der Waals surface area contributed by atoms with Crippen molar-refractivity contribution in [3.8, 4) is 0 Å². The van der Waals surface area contributed by atoms with Crippen LogP contribution in [0.1, 0.15) is 46.1 Å². The first kappa shape index (κ1) is 17.1. The largest absolute Gasteiger partial charge is 0.242 e. The number of hydrogen-bond donors (Lipinski definition) is 1. The molecule has 1 rings (SSSR count). The van der Waals surface area contributed by atoms with Gasteiger partial charge in [0.2, 0.25) is 0 Å². The van der Waals surface area contributed by atoms with Crippen LogP contribution in [0.15, 0.2) is 42.5 Å². The zero-order valence-corrected chi connectivity index (χ0v) is 13.9. The Labute approximate surface area is 126 Å². The molecule has 112 valence electrons. The molecule has 0 unspecified atom stereocenters. The van der Waals surface area contributed by atoms with Crippen molar-refractivity contribution in [1.82, 2.24) is 4.72 Å². The summed E-state index contributed by atoms with van der Waals surface area (Å²) in [4.78, 5) is 0. The van der Waals surface area contributed by atoms with Gasteiger partial charge >= 0.3 is 0 Å². The van der Waals surface area contributed by atoms with Gasteiger partial charge in [0.15, 0.2) is 0 Å². The predicted octanol–water partition coefficient (Wildman–Crippen LogP) is 4.01. The van der Waals surface area contributed by atoms with E-state index in [1.807, 2.05) is 33.8 Å². The molecule has 20 heavy (non-hydrogen) atoms. The Morgan fingerprint density at radius 1 is 1.30 bits per heavy atom. The normalized spacial score (nSPS) is 14.8. The Hall–Kier alpha value is -0.930. The maximum absolute atomic E-state index is 12.2. The van der Waals surface area contributed by atoms with Crippen LogP contribution in [0.2, 0.25) is 0 Å². The molecule has 1 N–H and O–H groups in total. The van der Waals surface area contributed by atoms with Gasteiger partial charge in [-0.25, -0.2) is 8.93 Å². The first-order chi connectivity index (χ1) is 9.29. The van der Waals surface area contributed by atoms with E-state index in [0.717, 1.165) is 24.8 Å². The Morgan fingerprint density at radius 2 is 1.90 bits per heavy atom. The van der Waals surface area contributed by atoms with Crippen LogP contribution in [-0.4, -0.2) is 15.0 Å². The van der Waals surface area contributed by atoms with E-state index in [0.29, 0.717) is 0 Å². The molecule has 0 spiro atoms. The Bertz CT molecular complexity index is 448. The molecule has 0 fully saturated rings. The van der Waals surface area contributed by atoms with E-state index in [-0.39, 0.29) is 10.8 Å². The van der Waals surface area contributed by atoms with Gasteiger partial charge in [-0.1, -0.05) is 35.9 Å². The molecular formula is C17H27NOS. The molecule has 2 atom stereocenters. The standard InChI is InChI=1S/C17H27NOS/c1-14(2)13-16(18-20(19)17(3,4)5)12-11-15-9-7-6-8-10-15/h6-10,16,18H,1,11-13H2,2-5H3/t16-,20-/m0/s1. The van der Waals surface area contributed by atoms with Crippen molar-refractivity contribution in [1.29, 1.82) is 0 Å². The number of benzene rings is 1. The summed E-state index contributed by atoms with van der Waals surface area (Å²) in [6, 6.07) is 10.6. The molecule has 3 heteroatoms. The van der Waals surface area contributed by atoms with Gasteiger partial charge in [0, 0.05) is 6.04 Å². The van der Waals surface area contributed by atoms with E-state index in [2.05, 4.69) is 35.6 Å². The van der Waals surface area contributed by atoms with Crippen LogP contribution < -0.4 is 4.72 Å². The summed E-state index contributed by atoms with van der Waals surface area (Å²) in [6.07, 6.45) is 2.83. The minimum Gasteiger partial charge on any atom is -0.242 e. The molecule has 0 heterocycles. The van der Waals surface area contributed by atoms with Crippen molar-refractivity contribution < 1.29 is 4.21 Å². The third-order valence-corrected chi connectivity index (χ3v) is 4.71. The molecule has 1 aromatic rings. The molecular weight excluding hydrogens is 266 g/mol. The van der Waals surface area contributed by atoms with Crippen molar-refractivity contribution in [2.75, 3.05) is 0 Å². The monoisotopic (exact) mass is 293 g/mol. The molecule has 0 saturated carbocycles. The molecule has 2 nitrogen and oxygen atoms in total. The van der Waals surface area contributed by atoms with Gasteiger partial charge in [-0.2, -0.15) is 0 Å². The summed E-state index contributed by atoms with van der Waals surface area (Å²) < 4.78 is 15.3. The molecule has 0 aliphatic heterocycles. The Kier molecular flexibility index (Phi) is 6.63. The van der Waals surface area contributed by atoms with E-state index in [4.69, 9.17) is 0 Å². The molecule has 0 bridgehead atoms. The summed E-state index contributed by atoms with van der Waals surface area (Å²) in [5.41, 5.74) is 2.45. The second kappa shape index (κ2) is 7.75. The maximum atomic E-state index is 12.2. The fourth-order valence-corrected chi connectivity index (χ4v) is 2.79. The lowest BCUT2D eigenvalue weighted by atomic mass is 10.0. The molecule has 0 amide bonds. The highest BCUT2D eigenvalue weighted by atomic mass is 32.2. The third kappa shape index (κ3) is 6.49. The van der Waals surface area contributed by atoms with Crippen LogP contribution in [0, 0.1) is 0 Å². The summed E-state index contributed by atoms with van der Waals surface area (Å²) in [7, 11) is -1.03. The zero-order valence-electron chi connectivity index (χ0n) is 13.1. The number of hydrogen-bond acceptors (Lipinski definition) is 1. The summed E-state index contributed by atoms with van der Waals surface area (Å²) in [6.45, 7) is 12.0. The van der Waals surface area contributed by atoms with Gasteiger partial charge in [0.05, 0.1) is 15.7 Å². The van der Waals surface area contributed by atoms with Crippen molar-refractivity contribution in [2.24, 2.45) is 0 Å². The number of rotatable bonds is 7. The van der Waals surface area contributed by atoms with Crippen LogP contribution in [0.5, 0.6) is 0 Å². The first-order valence-corrected chi connectivity index (χ1v) is 8.30. The van der Waals surface area contributed by atoms with Crippen molar-refractivity contribution >= 4 is 11.0 Å². The van der Waals surface area contributed by atoms with Crippen molar-refractivity contribution in [2.45, 2.75) is 57.7 Å². The smallest absolute Gasteiger partial charge is 0.0972 e. The van der Waals surface area contributed by atoms with E-state index in [1.54, 1.807) is 0 Å². The second-order valence-corrected chi connectivity index (χ2v) is 8.38. The van der Waals surface area contributed by atoms with E-state index >= 15 is 0 Å². The lowest BCUT2D eigenvalue weighted by Gasteiger charge is -2.24. The predicted molar refractivity (Wildman–Crippen MR) is 89.0 cm³/mol. The molecule has 0 saturated heterocycles. The zero-order chi connectivity index (χ0) is 15.2. The first-order valence-electron chi connectivity index (χ1n) is 7.15. The quantitative estimate of drug-likeness (QED) is 0.756. The van der Waals surface area contributed by atoms with Crippen LogP contribution in [-0.2, 0) is 17.4 Å². The highest BCUT2D eigenvalue weighted by Crippen LogP contribution is 2.15. The minimum absolute atomic E-state index is 0.216. The highest BCUT2D eigenvalue weighted by molar-refractivity contribution is 7.84. The van der Waals surface area contributed by atoms with Crippen LogP contribution in [0.4, 0.5) is 0 Å². The highest BCUT2D eigenvalue weighted by Gasteiger charge is 2.22. The van der Waals surface area contributed by atoms with E-state index in [1.165, 1.54) is 5.56 Å². The Morgan fingerprint density at radius 3 is 2.40 bits per heavy atom. The van der Waals surface area contributed by atoms with E-state index in [9.17, 15) is 4.21 Å². The number of aryl methyl sites for hydroxylation is 1. The van der Waals surface area contributed by atoms with Gasteiger partial charge < -0.3 is 0 Å². The van der Waals surface area contributed by atoms with E-state index < -0.39 is 11.0 Å². The summed E-state index contributed by atoms with van der Waals surface area (Å²) in [5.74, 6) is 0. The minimum atomic E-state index is -1.03. The maximum Gasteiger partial charge on any atom is 0.0972 e. The van der Waals surface area contributed by atoms with Crippen LogP contribution in [0.3, 0.4) is 0 Å². The van der Waals surface area contributed by atoms with Gasteiger partial charge in [-0.15, -0.1) is 6.58 Å². The van der Waals surface area contributed by atoms with Gasteiger partial charge in [-0.05, 0) is 52.5 Å². The third-order valence-electron chi connectivity index (χ3n) is 3.05. The SMILES string of the molecule is C=C(C)C[C@H](CCc1ccccc1)N[S@@](=O)C(C)(C)C. The number of nitrogens with one attached hydrogen (secondary N) is 1. The fraction of sp³-hybridized carbons (Fsp3) is 0.529. The molecule has 0 aliphatic rings. The Balaban J connectivity index is 2.60. The second-order valence-electron chi connectivity index (χ2n) is 6.38. The van der Waals surface area contributed by atoms with Crippen LogP contribution in [0.25, 0.3) is 0 Å². The molecule has 0 radical (unpaired) electrons. The lowest BCUT2D eigenvalue weighted by Crippen LogP contribution is -2.40. The fourth-order valence-electron chi connectivity index (χ4n) is 1.94. The summed E-state index contributed by atoms with van der Waals surface area (Å²) in [5, 5.41) is 0. The van der Waals surface area contributed by atoms with Crippen molar-refractivity contribution in [3.05, 3.63) is 48.0 Å². The van der Waals surface area contributed by atoms with Gasteiger partial charge in [0.1, 0.15) is 0 Å². The lowest BCUT2D eigenvalue weighted by molar-refractivity contribution is 0.546. The average Bonchev–Trinajstić information content (AvgIpc) is 2.35. The molecule has 1 aromatic carbocycles.